The SMILES string of the molecule is CCCCCC/C=C\CCCCCCCC(=O)OC[C@H](COP(=O)(O)OCCN)OC(=O)CCCCCCC/C=C\C=C\C(=O)CCCCC. The van der Waals surface area contributed by atoms with Crippen LogP contribution in [0.2, 0.25) is 0 Å². The topological polar surface area (TPSA) is 151 Å². The number of carbonyl (C=O) groups excluding carboxylic acids is 3. The number of esters is 2. The summed E-state index contributed by atoms with van der Waals surface area (Å²) in [7, 11) is -4.39. The minimum absolute atomic E-state index is 0.0373. The van der Waals surface area contributed by atoms with Crippen LogP contribution in [0, 0.1) is 0 Å². The summed E-state index contributed by atoms with van der Waals surface area (Å²) in [4.78, 5) is 46.4. The van der Waals surface area contributed by atoms with E-state index in [1.54, 1.807) is 6.08 Å². The second kappa shape index (κ2) is 35.3. The Morgan fingerprint density at radius 2 is 1.16 bits per heavy atom. The molecule has 0 aliphatic heterocycles. The Bertz CT molecular complexity index is 983. The maximum Gasteiger partial charge on any atom is 0.472 e. The first-order chi connectivity index (χ1) is 24.2. The van der Waals surface area contributed by atoms with Crippen molar-refractivity contribution in [1.82, 2.24) is 0 Å². The van der Waals surface area contributed by atoms with E-state index in [1.807, 2.05) is 12.2 Å². The van der Waals surface area contributed by atoms with Gasteiger partial charge in [-0.2, -0.15) is 0 Å². The number of phosphoric acid groups is 1. The van der Waals surface area contributed by atoms with Gasteiger partial charge in [-0.3, -0.25) is 23.4 Å². The number of unbranched alkanes of at least 4 members (excludes halogenated alkanes) is 16. The number of hydrogen-bond acceptors (Lipinski definition) is 9. The lowest BCUT2D eigenvalue weighted by Crippen LogP contribution is -2.29. The van der Waals surface area contributed by atoms with Crippen LogP contribution in [0.3, 0.4) is 0 Å². The summed E-state index contributed by atoms with van der Waals surface area (Å²) in [6, 6.07) is 0. The number of ether oxygens (including phenoxy) is 2. The molecule has 0 aliphatic carbocycles. The first-order valence-electron chi connectivity index (χ1n) is 19.4. The highest BCUT2D eigenvalue weighted by Crippen LogP contribution is 2.43. The van der Waals surface area contributed by atoms with Gasteiger partial charge in [-0.25, -0.2) is 4.57 Å². The number of allylic oxidation sites excluding steroid dienone is 6. The van der Waals surface area contributed by atoms with Crippen LogP contribution in [-0.2, 0) is 37.5 Å². The molecule has 2 atom stereocenters. The highest BCUT2D eigenvalue weighted by Gasteiger charge is 2.26. The molecular weight excluding hydrogens is 657 g/mol. The molecule has 0 saturated heterocycles. The molecule has 0 fully saturated rings. The van der Waals surface area contributed by atoms with Gasteiger partial charge in [0.15, 0.2) is 11.9 Å². The largest absolute Gasteiger partial charge is 0.472 e. The molecule has 0 heterocycles. The molecule has 0 aromatic carbocycles. The summed E-state index contributed by atoms with van der Waals surface area (Å²) in [5.41, 5.74) is 5.32. The molecule has 0 saturated carbocycles. The van der Waals surface area contributed by atoms with E-state index in [4.69, 9.17) is 24.3 Å². The normalized spacial score (nSPS) is 13.7. The van der Waals surface area contributed by atoms with Gasteiger partial charge in [0.25, 0.3) is 0 Å². The Balaban J connectivity index is 4.31. The van der Waals surface area contributed by atoms with Crippen molar-refractivity contribution in [2.45, 2.75) is 168 Å². The lowest BCUT2D eigenvalue weighted by molar-refractivity contribution is -0.161. The number of ketones is 1. The molecule has 50 heavy (non-hydrogen) atoms. The van der Waals surface area contributed by atoms with Crippen molar-refractivity contribution in [3.8, 4) is 0 Å². The molecule has 0 bridgehead atoms. The Morgan fingerprint density at radius 3 is 1.78 bits per heavy atom. The first-order valence-corrected chi connectivity index (χ1v) is 20.9. The van der Waals surface area contributed by atoms with E-state index in [1.165, 1.54) is 32.1 Å². The maximum atomic E-state index is 12.5. The monoisotopic (exact) mass is 727 g/mol. The summed E-state index contributed by atoms with van der Waals surface area (Å²) in [6.07, 6.45) is 33.0. The number of rotatable bonds is 36. The zero-order valence-corrected chi connectivity index (χ0v) is 32.3. The average Bonchev–Trinajstić information content (AvgIpc) is 3.09. The van der Waals surface area contributed by atoms with Crippen molar-refractivity contribution in [2.24, 2.45) is 5.73 Å². The van der Waals surface area contributed by atoms with Crippen LogP contribution in [0.25, 0.3) is 0 Å². The standard InChI is InChI=1S/C39H70NO9P/c1-3-5-7-8-9-10-11-12-13-16-19-22-26-30-38(42)46-34-37(35-48-50(44,45)47-33-32-40)49-39(43)31-27-23-20-17-14-15-18-21-25-29-36(41)28-24-6-4-2/h10-11,18,21,25,29,37H,3-9,12-17,19-20,22-24,26-28,30-35,40H2,1-2H3,(H,44,45)/b11-10-,21-18-,29-25+/t37-/m1/s1. The Kier molecular flexibility index (Phi) is 33.8. The molecule has 11 heteroatoms. The Morgan fingerprint density at radius 1 is 0.640 bits per heavy atom. The molecule has 0 aromatic heterocycles. The molecule has 0 rings (SSSR count). The molecule has 0 spiro atoms. The van der Waals surface area contributed by atoms with Crippen molar-refractivity contribution in [1.29, 1.82) is 0 Å². The Labute approximate surface area is 303 Å². The smallest absolute Gasteiger partial charge is 0.462 e. The summed E-state index contributed by atoms with van der Waals surface area (Å²) < 4.78 is 32.6. The highest BCUT2D eigenvalue weighted by molar-refractivity contribution is 7.47. The number of nitrogens with two attached hydrogens (primary N) is 1. The highest BCUT2D eigenvalue weighted by atomic mass is 31.2. The third kappa shape index (κ3) is 34.4. The zero-order chi connectivity index (χ0) is 37.0. The molecular formula is C39H70NO9P. The molecule has 3 N–H and O–H groups in total. The third-order valence-corrected chi connectivity index (χ3v) is 8.96. The van der Waals surface area contributed by atoms with Crippen LogP contribution < -0.4 is 5.73 Å². The van der Waals surface area contributed by atoms with Crippen molar-refractivity contribution >= 4 is 25.5 Å². The quantitative estimate of drug-likeness (QED) is 0.0159. The van der Waals surface area contributed by atoms with E-state index in [9.17, 15) is 23.8 Å². The van der Waals surface area contributed by atoms with Crippen LogP contribution in [0.15, 0.2) is 36.5 Å². The van der Waals surface area contributed by atoms with Crippen LogP contribution in [0.1, 0.15) is 162 Å². The number of carbonyl (C=O) groups is 3. The lowest BCUT2D eigenvalue weighted by Gasteiger charge is -2.19. The second-order valence-corrected chi connectivity index (χ2v) is 14.3. The van der Waals surface area contributed by atoms with Gasteiger partial charge in [-0.1, -0.05) is 115 Å². The van der Waals surface area contributed by atoms with Crippen LogP contribution in [0.4, 0.5) is 0 Å². The van der Waals surface area contributed by atoms with Gasteiger partial charge in [0.05, 0.1) is 13.2 Å². The minimum atomic E-state index is -4.39. The van der Waals surface area contributed by atoms with E-state index < -0.39 is 32.5 Å². The van der Waals surface area contributed by atoms with Crippen LogP contribution in [-0.4, -0.2) is 55.1 Å². The van der Waals surface area contributed by atoms with Crippen molar-refractivity contribution in [3.05, 3.63) is 36.5 Å². The molecule has 10 nitrogen and oxygen atoms in total. The summed E-state index contributed by atoms with van der Waals surface area (Å²) in [6.45, 7) is 3.48. The average molecular weight is 728 g/mol. The van der Waals surface area contributed by atoms with Crippen molar-refractivity contribution in [2.75, 3.05) is 26.4 Å². The lowest BCUT2D eigenvalue weighted by atomic mass is 10.1. The fraction of sp³-hybridized carbons (Fsp3) is 0.769. The predicted molar refractivity (Wildman–Crippen MR) is 202 cm³/mol. The Hall–Kier alpha value is -2.10. The molecule has 290 valence electrons. The summed E-state index contributed by atoms with van der Waals surface area (Å²) in [5.74, 6) is -0.730. The van der Waals surface area contributed by atoms with Crippen molar-refractivity contribution in [3.63, 3.8) is 0 Å². The third-order valence-electron chi connectivity index (χ3n) is 7.97. The molecule has 0 aromatic rings. The van der Waals surface area contributed by atoms with Gasteiger partial charge < -0.3 is 20.1 Å². The van der Waals surface area contributed by atoms with Crippen LogP contribution >= 0.6 is 7.82 Å². The van der Waals surface area contributed by atoms with E-state index in [0.717, 1.165) is 83.5 Å². The van der Waals surface area contributed by atoms with E-state index in [2.05, 4.69) is 32.1 Å². The number of hydrogen-bond donors (Lipinski definition) is 2. The zero-order valence-electron chi connectivity index (χ0n) is 31.4. The molecule has 1 unspecified atom stereocenters. The predicted octanol–water partition coefficient (Wildman–Crippen LogP) is 9.78. The van der Waals surface area contributed by atoms with Gasteiger partial charge in [-0.15, -0.1) is 0 Å². The fourth-order valence-corrected chi connectivity index (χ4v) is 5.79. The van der Waals surface area contributed by atoms with Gasteiger partial charge in [0, 0.05) is 25.8 Å². The fourth-order valence-electron chi connectivity index (χ4n) is 5.02. The van der Waals surface area contributed by atoms with E-state index in [0.29, 0.717) is 19.3 Å². The molecule has 0 amide bonds. The van der Waals surface area contributed by atoms with Gasteiger partial charge in [0.2, 0.25) is 0 Å². The maximum absolute atomic E-state index is 12.5. The number of phosphoric ester groups is 1. The van der Waals surface area contributed by atoms with E-state index in [-0.39, 0.29) is 38.4 Å². The van der Waals surface area contributed by atoms with Gasteiger partial charge in [-0.05, 0) is 63.9 Å². The van der Waals surface area contributed by atoms with Crippen molar-refractivity contribution < 1.29 is 42.4 Å². The van der Waals surface area contributed by atoms with E-state index >= 15 is 0 Å². The van der Waals surface area contributed by atoms with Gasteiger partial charge in [0.1, 0.15) is 6.61 Å². The second-order valence-electron chi connectivity index (χ2n) is 12.8. The van der Waals surface area contributed by atoms with Gasteiger partial charge >= 0.3 is 19.8 Å². The molecule has 0 aliphatic rings. The first kappa shape index (κ1) is 47.9. The van der Waals surface area contributed by atoms with Crippen LogP contribution in [0.5, 0.6) is 0 Å². The molecule has 0 radical (unpaired) electrons. The summed E-state index contributed by atoms with van der Waals surface area (Å²) in [5, 5.41) is 0. The minimum Gasteiger partial charge on any atom is -0.462 e. The summed E-state index contributed by atoms with van der Waals surface area (Å²) >= 11 is 0.